The summed E-state index contributed by atoms with van der Waals surface area (Å²) in [5, 5.41) is 59.2. The molecule has 0 aromatic heterocycles. The van der Waals surface area contributed by atoms with Gasteiger partial charge in [0.05, 0.1) is 83.0 Å². The van der Waals surface area contributed by atoms with E-state index in [4.69, 9.17) is 9.47 Å². The second kappa shape index (κ2) is 16.6. The second-order valence-corrected chi connectivity index (χ2v) is 10.2. The van der Waals surface area contributed by atoms with Crippen molar-refractivity contribution >= 4 is 0 Å². The van der Waals surface area contributed by atoms with E-state index >= 15 is 0 Å². The molecule has 0 saturated heterocycles. The molecule has 0 aliphatic rings. The Morgan fingerprint density at radius 3 is 1.07 bits per heavy atom. The third-order valence-corrected chi connectivity index (χ3v) is 7.15. The highest BCUT2D eigenvalue weighted by Gasteiger charge is 2.24. The van der Waals surface area contributed by atoms with Crippen LogP contribution in [-0.2, 0) is 0 Å². The summed E-state index contributed by atoms with van der Waals surface area (Å²) in [6.07, 6.45) is 7.63. The van der Waals surface area contributed by atoms with Crippen LogP contribution in [0, 0.1) is 68.0 Å². The van der Waals surface area contributed by atoms with Crippen molar-refractivity contribution in [3.63, 3.8) is 0 Å². The van der Waals surface area contributed by atoms with E-state index in [1.165, 1.54) is 24.3 Å². The molecule has 0 fully saturated rings. The largest absolute Gasteiger partial charge is 0.493 e. The van der Waals surface area contributed by atoms with Gasteiger partial charge in [-0.3, -0.25) is 0 Å². The van der Waals surface area contributed by atoms with E-state index in [-0.39, 0.29) is 33.4 Å². The second-order valence-electron chi connectivity index (χ2n) is 10.2. The normalized spacial score (nSPS) is 9.91. The summed E-state index contributed by atoms with van der Waals surface area (Å²) < 4.78 is 12.6. The Morgan fingerprint density at radius 1 is 0.455 bits per heavy atom. The van der Waals surface area contributed by atoms with Crippen molar-refractivity contribution in [3.05, 3.63) is 69.8 Å². The van der Waals surface area contributed by atoms with E-state index in [1.807, 2.05) is 12.1 Å². The van der Waals surface area contributed by atoms with Crippen LogP contribution in [0.25, 0.3) is 22.3 Å². The first kappa shape index (κ1) is 32.7. The van der Waals surface area contributed by atoms with E-state index in [0.29, 0.717) is 47.0 Å². The van der Waals surface area contributed by atoms with Crippen LogP contribution in [0.3, 0.4) is 0 Å². The van der Waals surface area contributed by atoms with Crippen LogP contribution in [0.5, 0.6) is 11.5 Å². The minimum Gasteiger partial charge on any atom is -0.493 e. The van der Waals surface area contributed by atoms with Crippen LogP contribution in [0.1, 0.15) is 98.6 Å². The summed E-state index contributed by atoms with van der Waals surface area (Å²) in [5.41, 5.74) is 2.36. The number of nitrogens with zero attached hydrogens (tertiary/aromatic N) is 6. The van der Waals surface area contributed by atoms with Gasteiger partial charge in [0, 0.05) is 22.3 Å². The van der Waals surface area contributed by atoms with Crippen molar-refractivity contribution in [1.29, 1.82) is 31.6 Å². The number of ether oxygens (including phenoxy) is 2. The maximum absolute atomic E-state index is 10.1. The van der Waals surface area contributed by atoms with Crippen LogP contribution >= 0.6 is 0 Å². The molecular formula is C36H32N6O2. The molecule has 0 saturated carbocycles. The number of nitriles is 6. The lowest BCUT2D eigenvalue weighted by molar-refractivity contribution is 0.299. The van der Waals surface area contributed by atoms with Gasteiger partial charge in [0.1, 0.15) is 11.5 Å². The number of benzene rings is 3. The van der Waals surface area contributed by atoms with Crippen molar-refractivity contribution in [3.8, 4) is 70.2 Å². The van der Waals surface area contributed by atoms with E-state index in [1.54, 1.807) is 12.1 Å². The van der Waals surface area contributed by atoms with Crippen molar-refractivity contribution in [2.75, 3.05) is 13.2 Å². The highest BCUT2D eigenvalue weighted by molar-refractivity contribution is 5.89. The Bertz CT molecular complexity index is 1570. The average molecular weight is 581 g/mol. The Kier molecular flexibility index (Phi) is 12.3. The van der Waals surface area contributed by atoms with Crippen molar-refractivity contribution in [2.24, 2.45) is 0 Å². The summed E-state index contributed by atoms with van der Waals surface area (Å²) >= 11 is 0. The van der Waals surface area contributed by atoms with Gasteiger partial charge in [-0.2, -0.15) is 31.6 Å². The van der Waals surface area contributed by atoms with Gasteiger partial charge in [0.15, 0.2) is 0 Å². The molecule has 3 aromatic rings. The topological polar surface area (TPSA) is 161 Å². The molecule has 218 valence electrons. The monoisotopic (exact) mass is 580 g/mol. The first-order chi connectivity index (χ1) is 21.5. The minimum atomic E-state index is 0.131. The summed E-state index contributed by atoms with van der Waals surface area (Å²) in [6.45, 7) is 4.93. The average Bonchev–Trinajstić information content (AvgIpc) is 3.06. The number of hydrogen-bond acceptors (Lipinski definition) is 8. The summed E-state index contributed by atoms with van der Waals surface area (Å²) in [5.74, 6) is 0.675. The fourth-order valence-corrected chi connectivity index (χ4v) is 4.96. The zero-order chi connectivity index (χ0) is 31.9. The third kappa shape index (κ3) is 7.72. The zero-order valence-electron chi connectivity index (χ0n) is 25.0. The van der Waals surface area contributed by atoms with Gasteiger partial charge in [0.25, 0.3) is 0 Å². The molecule has 0 atom stereocenters. The molecule has 0 unspecified atom stereocenters. The highest BCUT2D eigenvalue weighted by Crippen LogP contribution is 2.45. The third-order valence-electron chi connectivity index (χ3n) is 7.15. The summed E-state index contributed by atoms with van der Waals surface area (Å²) in [6, 6.07) is 21.6. The highest BCUT2D eigenvalue weighted by atomic mass is 16.5. The van der Waals surface area contributed by atoms with Gasteiger partial charge in [-0.05, 0) is 49.2 Å². The van der Waals surface area contributed by atoms with E-state index in [2.05, 4.69) is 38.1 Å². The van der Waals surface area contributed by atoms with Gasteiger partial charge in [-0.1, -0.05) is 52.4 Å². The fraction of sp³-hybridized carbons (Fsp3) is 0.333. The molecule has 44 heavy (non-hydrogen) atoms. The summed E-state index contributed by atoms with van der Waals surface area (Å²) in [7, 11) is 0. The van der Waals surface area contributed by atoms with Crippen LogP contribution in [0.15, 0.2) is 36.4 Å². The SMILES string of the molecule is CCCCCCOc1cc(-c2c(C#N)cc(C#N)cc2C#N)c(OCCCCCC)cc1-c1c(C#N)cc(C#N)cc1C#N. The first-order valence-corrected chi connectivity index (χ1v) is 14.7. The standard InChI is InChI=1S/C36H32N6O2/c1-3-5-7-9-11-43-33-17-32(36-29(23-41)15-26(20-38)16-30(36)24-42)34(44-12-10-8-6-4-2)18-31(33)35-27(21-39)13-25(19-37)14-28(35)22-40/h13-18H,3-12H2,1-2H3. The van der Waals surface area contributed by atoms with E-state index < -0.39 is 0 Å². The van der Waals surface area contributed by atoms with Gasteiger partial charge < -0.3 is 9.47 Å². The fourth-order valence-electron chi connectivity index (χ4n) is 4.96. The lowest BCUT2D eigenvalue weighted by Gasteiger charge is -2.20. The first-order valence-electron chi connectivity index (χ1n) is 14.7. The molecule has 0 bridgehead atoms. The number of unbranched alkanes of at least 4 members (excludes halogenated alkanes) is 6. The number of rotatable bonds is 14. The lowest BCUT2D eigenvalue weighted by Crippen LogP contribution is -2.05. The van der Waals surface area contributed by atoms with Gasteiger partial charge in [0.2, 0.25) is 0 Å². The Hall–Kier alpha value is -5.80. The molecule has 0 amide bonds. The van der Waals surface area contributed by atoms with Crippen LogP contribution in [-0.4, -0.2) is 13.2 Å². The van der Waals surface area contributed by atoms with Gasteiger partial charge >= 0.3 is 0 Å². The molecule has 0 aliphatic carbocycles. The lowest BCUT2D eigenvalue weighted by atomic mass is 9.88. The minimum absolute atomic E-state index is 0.131. The van der Waals surface area contributed by atoms with Crippen LogP contribution in [0.2, 0.25) is 0 Å². The Labute approximate surface area is 259 Å². The Balaban J connectivity index is 2.37. The molecule has 3 aromatic carbocycles. The quantitative estimate of drug-likeness (QED) is 0.172. The molecule has 0 N–H and O–H groups in total. The predicted molar refractivity (Wildman–Crippen MR) is 165 cm³/mol. The molecular weight excluding hydrogens is 548 g/mol. The predicted octanol–water partition coefficient (Wildman–Crippen LogP) is 8.17. The maximum Gasteiger partial charge on any atom is 0.128 e. The molecule has 0 aliphatic heterocycles. The molecule has 0 radical (unpaired) electrons. The van der Waals surface area contributed by atoms with Crippen LogP contribution in [0.4, 0.5) is 0 Å². The molecule has 3 rings (SSSR count). The Morgan fingerprint density at radius 2 is 0.795 bits per heavy atom. The molecule has 8 heteroatoms. The zero-order valence-corrected chi connectivity index (χ0v) is 25.0. The maximum atomic E-state index is 10.1. The van der Waals surface area contributed by atoms with Crippen molar-refractivity contribution < 1.29 is 9.47 Å². The van der Waals surface area contributed by atoms with E-state index in [9.17, 15) is 31.6 Å². The summed E-state index contributed by atoms with van der Waals surface area (Å²) in [4.78, 5) is 0. The molecule has 0 spiro atoms. The van der Waals surface area contributed by atoms with E-state index in [0.717, 1.165) is 51.4 Å². The smallest absolute Gasteiger partial charge is 0.128 e. The van der Waals surface area contributed by atoms with Crippen molar-refractivity contribution in [2.45, 2.75) is 65.2 Å². The van der Waals surface area contributed by atoms with Crippen molar-refractivity contribution in [1.82, 2.24) is 0 Å². The number of hydrogen-bond donors (Lipinski definition) is 0. The van der Waals surface area contributed by atoms with Gasteiger partial charge in [-0.25, -0.2) is 0 Å². The van der Waals surface area contributed by atoms with Gasteiger partial charge in [-0.15, -0.1) is 0 Å². The van der Waals surface area contributed by atoms with Crippen LogP contribution < -0.4 is 9.47 Å². The molecule has 0 heterocycles. The molecule has 8 nitrogen and oxygen atoms in total.